The Morgan fingerprint density at radius 1 is 1.29 bits per heavy atom. The van der Waals surface area contributed by atoms with Crippen LogP contribution in [-0.2, 0) is 4.79 Å². The van der Waals surface area contributed by atoms with E-state index in [0.717, 1.165) is 40.7 Å². The number of nitriles is 1. The highest BCUT2D eigenvalue weighted by Gasteiger charge is 2.33. The number of pyridine rings is 3. The Bertz CT molecular complexity index is 1340. The first-order valence-electron chi connectivity index (χ1n) is 12.0. The molecule has 35 heavy (non-hydrogen) atoms. The van der Waals surface area contributed by atoms with E-state index in [1.807, 2.05) is 36.1 Å². The molecule has 0 unspecified atom stereocenters. The summed E-state index contributed by atoms with van der Waals surface area (Å²) in [4.78, 5) is 30.4. The minimum absolute atomic E-state index is 0.0365. The van der Waals surface area contributed by atoms with Crippen molar-refractivity contribution in [2.45, 2.75) is 38.1 Å². The highest BCUT2D eigenvalue weighted by atomic mass is 16.3. The van der Waals surface area contributed by atoms with Gasteiger partial charge in [0.1, 0.15) is 11.9 Å². The number of nitrogens with zero attached hydrogens (tertiary/aromatic N) is 6. The number of piperazine rings is 1. The summed E-state index contributed by atoms with van der Waals surface area (Å²) in [5.41, 5.74) is 4.79. The van der Waals surface area contributed by atoms with Gasteiger partial charge in [0.15, 0.2) is 5.65 Å². The molecule has 0 radical (unpaired) electrons. The van der Waals surface area contributed by atoms with Crippen LogP contribution in [0.4, 0.5) is 5.82 Å². The number of fused-ring (bicyclic) bond motifs is 1. The molecule has 178 valence electrons. The van der Waals surface area contributed by atoms with Crippen molar-refractivity contribution in [3.05, 3.63) is 54.0 Å². The van der Waals surface area contributed by atoms with Crippen LogP contribution < -0.4 is 4.90 Å². The lowest BCUT2D eigenvalue weighted by Crippen LogP contribution is -2.54. The van der Waals surface area contributed by atoms with Crippen molar-refractivity contribution >= 4 is 28.8 Å². The van der Waals surface area contributed by atoms with Crippen molar-refractivity contribution in [1.82, 2.24) is 19.9 Å². The van der Waals surface area contributed by atoms with Gasteiger partial charge in [0.25, 0.3) is 0 Å². The molecule has 1 aliphatic heterocycles. The van der Waals surface area contributed by atoms with Gasteiger partial charge in [-0.1, -0.05) is 6.58 Å². The number of amides is 1. The van der Waals surface area contributed by atoms with Gasteiger partial charge in [-0.15, -0.1) is 0 Å². The van der Waals surface area contributed by atoms with Crippen molar-refractivity contribution in [3.63, 3.8) is 0 Å². The van der Waals surface area contributed by atoms with E-state index >= 15 is 0 Å². The highest BCUT2D eigenvalue weighted by Crippen LogP contribution is 2.46. The molecule has 0 aromatic carbocycles. The molecular weight excluding hydrogens is 440 g/mol. The SMILES string of the molecule is C=Cc1cc(-c2cc(C#N)c(N3CCN(C(=O)CCO)[C@H](C)C3)nc2C2CC2)c2cccnc2n1. The zero-order valence-electron chi connectivity index (χ0n) is 19.8. The molecule has 1 atom stereocenters. The molecule has 5 rings (SSSR count). The Kier molecular flexibility index (Phi) is 6.18. The Hall–Kier alpha value is -3.83. The normalized spacial score (nSPS) is 17.9. The summed E-state index contributed by atoms with van der Waals surface area (Å²) in [5.74, 6) is 0.992. The quantitative estimate of drug-likeness (QED) is 0.590. The Morgan fingerprint density at radius 2 is 2.11 bits per heavy atom. The Labute approximate surface area is 204 Å². The van der Waals surface area contributed by atoms with E-state index in [0.29, 0.717) is 42.6 Å². The van der Waals surface area contributed by atoms with Gasteiger partial charge in [-0.05, 0) is 55.7 Å². The van der Waals surface area contributed by atoms with Crippen LogP contribution in [0.25, 0.3) is 28.2 Å². The Balaban J connectivity index is 1.58. The van der Waals surface area contributed by atoms with Crippen molar-refractivity contribution in [2.24, 2.45) is 0 Å². The third-order valence-corrected chi connectivity index (χ3v) is 6.79. The van der Waals surface area contributed by atoms with Crippen LogP contribution in [-0.4, -0.2) is 63.1 Å². The maximum absolute atomic E-state index is 12.3. The van der Waals surface area contributed by atoms with E-state index in [4.69, 9.17) is 10.1 Å². The molecule has 1 amide bonds. The van der Waals surface area contributed by atoms with E-state index in [9.17, 15) is 10.1 Å². The Morgan fingerprint density at radius 3 is 2.80 bits per heavy atom. The van der Waals surface area contributed by atoms with Crippen LogP contribution in [0.2, 0.25) is 0 Å². The van der Waals surface area contributed by atoms with E-state index in [1.54, 1.807) is 12.3 Å². The van der Waals surface area contributed by atoms with Crippen molar-refractivity contribution in [1.29, 1.82) is 5.26 Å². The lowest BCUT2D eigenvalue weighted by atomic mass is 9.96. The van der Waals surface area contributed by atoms with E-state index in [-0.39, 0.29) is 25.0 Å². The highest BCUT2D eigenvalue weighted by molar-refractivity contribution is 5.95. The first kappa shape index (κ1) is 22.9. The van der Waals surface area contributed by atoms with Gasteiger partial charge in [-0.2, -0.15) is 5.26 Å². The van der Waals surface area contributed by atoms with Gasteiger partial charge in [0.05, 0.1) is 23.6 Å². The second-order valence-corrected chi connectivity index (χ2v) is 9.21. The van der Waals surface area contributed by atoms with Crippen LogP contribution in [0.15, 0.2) is 37.0 Å². The van der Waals surface area contributed by atoms with Crippen molar-refractivity contribution < 1.29 is 9.90 Å². The summed E-state index contributed by atoms with van der Waals surface area (Å²) < 4.78 is 0. The molecule has 8 nitrogen and oxygen atoms in total. The molecule has 4 heterocycles. The summed E-state index contributed by atoms with van der Waals surface area (Å²) in [7, 11) is 0. The summed E-state index contributed by atoms with van der Waals surface area (Å²) in [6.45, 7) is 7.45. The fourth-order valence-electron chi connectivity index (χ4n) is 4.89. The summed E-state index contributed by atoms with van der Waals surface area (Å²) in [5, 5.41) is 20.2. The topological polar surface area (TPSA) is 106 Å². The van der Waals surface area contributed by atoms with Crippen LogP contribution in [0.5, 0.6) is 0 Å². The standard InChI is InChI=1S/C27H28N6O2/c1-3-20-14-22(21-5-4-9-29-26(21)30-20)23-13-19(15-28)27(31-25(23)18-6-7-18)32-10-11-33(17(2)16-32)24(35)8-12-34/h3-5,9,13-14,17-18,34H,1,6-8,10-12,16H2,2H3/t17-/m1/s1. The molecular formula is C27H28N6O2. The van der Waals surface area contributed by atoms with Gasteiger partial charge >= 0.3 is 0 Å². The van der Waals surface area contributed by atoms with Crippen molar-refractivity contribution in [2.75, 3.05) is 31.1 Å². The van der Waals surface area contributed by atoms with Gasteiger partial charge in [0.2, 0.25) is 5.91 Å². The van der Waals surface area contributed by atoms with Crippen molar-refractivity contribution in [3.8, 4) is 17.2 Å². The van der Waals surface area contributed by atoms with Gasteiger partial charge < -0.3 is 14.9 Å². The lowest BCUT2D eigenvalue weighted by Gasteiger charge is -2.41. The predicted molar refractivity (Wildman–Crippen MR) is 135 cm³/mol. The second kappa shape index (κ2) is 9.43. The number of carbonyl (C=O) groups excluding carboxylic acids is 1. The third kappa shape index (κ3) is 4.35. The molecule has 2 fully saturated rings. The number of aliphatic hydroxyl groups excluding tert-OH is 1. The van der Waals surface area contributed by atoms with Gasteiger partial charge in [-0.25, -0.2) is 15.0 Å². The molecule has 1 saturated heterocycles. The molecule has 0 bridgehead atoms. The van der Waals surface area contributed by atoms with Crippen LogP contribution in [0.1, 0.15) is 49.1 Å². The average Bonchev–Trinajstić information content (AvgIpc) is 3.72. The molecule has 1 N–H and O–H groups in total. The lowest BCUT2D eigenvalue weighted by molar-refractivity contribution is -0.134. The maximum atomic E-state index is 12.3. The van der Waals surface area contributed by atoms with E-state index in [2.05, 4.69) is 27.5 Å². The number of hydrogen-bond acceptors (Lipinski definition) is 7. The molecule has 3 aromatic rings. The zero-order chi connectivity index (χ0) is 24.5. The third-order valence-electron chi connectivity index (χ3n) is 6.79. The monoisotopic (exact) mass is 468 g/mol. The summed E-state index contributed by atoms with van der Waals surface area (Å²) in [6, 6.07) is 10.2. The molecule has 8 heteroatoms. The number of hydrogen-bond donors (Lipinski definition) is 1. The van der Waals surface area contributed by atoms with Gasteiger partial charge in [-0.3, -0.25) is 4.79 Å². The molecule has 1 saturated carbocycles. The largest absolute Gasteiger partial charge is 0.396 e. The van der Waals surface area contributed by atoms with Crippen LogP contribution in [0, 0.1) is 11.3 Å². The van der Waals surface area contributed by atoms with E-state index < -0.39 is 0 Å². The summed E-state index contributed by atoms with van der Waals surface area (Å²) >= 11 is 0. The van der Waals surface area contributed by atoms with Crippen LogP contribution >= 0.6 is 0 Å². The number of aromatic nitrogens is 3. The minimum atomic E-state index is -0.148. The molecule has 3 aromatic heterocycles. The first-order valence-corrected chi connectivity index (χ1v) is 12.0. The first-order chi connectivity index (χ1) is 17.0. The summed E-state index contributed by atoms with van der Waals surface area (Å²) in [6.07, 6.45) is 5.71. The number of aliphatic hydroxyl groups is 1. The molecule has 0 spiro atoms. The fraction of sp³-hybridized carbons (Fsp3) is 0.370. The minimum Gasteiger partial charge on any atom is -0.396 e. The number of carbonyl (C=O) groups is 1. The number of anilines is 1. The predicted octanol–water partition coefficient (Wildman–Crippen LogP) is 3.50. The van der Waals surface area contributed by atoms with Crippen LogP contribution in [0.3, 0.4) is 0 Å². The number of rotatable bonds is 6. The molecule has 2 aliphatic rings. The zero-order valence-corrected chi connectivity index (χ0v) is 19.8. The average molecular weight is 469 g/mol. The molecule has 1 aliphatic carbocycles. The second-order valence-electron chi connectivity index (χ2n) is 9.21. The van der Waals surface area contributed by atoms with E-state index in [1.165, 1.54) is 0 Å². The fourth-order valence-corrected chi connectivity index (χ4v) is 4.89. The maximum Gasteiger partial charge on any atom is 0.225 e. The smallest absolute Gasteiger partial charge is 0.225 e. The van der Waals surface area contributed by atoms with Gasteiger partial charge in [0, 0.05) is 55.2 Å².